The third kappa shape index (κ3) is 3.16. The molecule has 2 amide bonds. The van der Waals surface area contributed by atoms with Gasteiger partial charge in [-0.3, -0.25) is 14.5 Å². The zero-order valence-corrected chi connectivity index (χ0v) is 14.9. The average Bonchev–Trinajstić information content (AvgIpc) is 2.93. The van der Waals surface area contributed by atoms with Gasteiger partial charge in [-0.25, -0.2) is 0 Å². The summed E-state index contributed by atoms with van der Waals surface area (Å²) in [4.78, 5) is 27.6. The Bertz CT molecular complexity index is 934. The highest BCUT2D eigenvalue weighted by molar-refractivity contribution is 7.98. The molecule has 4 rings (SSSR count). The number of carbonyl (C=O) groups excluding carboxylic acids is 2. The van der Waals surface area contributed by atoms with E-state index in [1.807, 2.05) is 42.5 Å². The number of thioether (sulfide) groups is 1. The molecule has 0 N–H and O–H groups in total. The Balaban J connectivity index is 1.54. The smallest absolute Gasteiger partial charge is 0.261 e. The number of carbonyl (C=O) groups is 2. The van der Waals surface area contributed by atoms with Crippen LogP contribution in [-0.4, -0.2) is 16.7 Å². The lowest BCUT2D eigenvalue weighted by Gasteiger charge is -2.16. The van der Waals surface area contributed by atoms with Crippen LogP contribution in [0, 0.1) is 0 Å². The minimum Gasteiger partial charge on any atom is -0.270 e. The Kier molecular flexibility index (Phi) is 4.59. The van der Waals surface area contributed by atoms with Crippen molar-refractivity contribution in [2.75, 3.05) is 0 Å². The van der Waals surface area contributed by atoms with Crippen LogP contribution in [0.5, 0.6) is 0 Å². The number of amides is 2. The van der Waals surface area contributed by atoms with Crippen LogP contribution in [0.1, 0.15) is 31.8 Å². The summed E-state index contributed by atoms with van der Waals surface area (Å²) >= 11 is 1.72. The van der Waals surface area contributed by atoms with E-state index in [9.17, 15) is 9.59 Å². The number of nitrogens with zero attached hydrogens (tertiary/aromatic N) is 1. The van der Waals surface area contributed by atoms with Crippen LogP contribution >= 0.6 is 11.8 Å². The quantitative estimate of drug-likeness (QED) is 0.486. The Morgan fingerprint density at radius 1 is 0.692 bits per heavy atom. The largest absolute Gasteiger partial charge is 0.270 e. The van der Waals surface area contributed by atoms with Crippen molar-refractivity contribution in [1.29, 1.82) is 0 Å². The maximum Gasteiger partial charge on any atom is 0.261 e. The number of hydrogen-bond acceptors (Lipinski definition) is 3. The van der Waals surface area contributed by atoms with Crippen molar-refractivity contribution in [3.05, 3.63) is 101 Å². The highest BCUT2D eigenvalue weighted by Gasteiger charge is 2.35. The van der Waals surface area contributed by atoms with Crippen molar-refractivity contribution in [2.45, 2.75) is 17.2 Å². The van der Waals surface area contributed by atoms with Crippen molar-refractivity contribution in [3.63, 3.8) is 0 Å². The molecule has 0 bridgehead atoms. The minimum atomic E-state index is -0.214. The predicted octanol–water partition coefficient (Wildman–Crippen LogP) is 4.78. The molecule has 0 spiro atoms. The summed E-state index contributed by atoms with van der Waals surface area (Å²) < 4.78 is 0. The lowest BCUT2D eigenvalue weighted by molar-refractivity contribution is 0.0641. The Labute approximate surface area is 156 Å². The van der Waals surface area contributed by atoms with E-state index in [2.05, 4.69) is 12.1 Å². The molecule has 0 aromatic heterocycles. The summed E-state index contributed by atoms with van der Waals surface area (Å²) in [5.41, 5.74) is 3.22. The lowest BCUT2D eigenvalue weighted by Crippen LogP contribution is -2.29. The number of imide groups is 1. The van der Waals surface area contributed by atoms with Gasteiger partial charge >= 0.3 is 0 Å². The van der Waals surface area contributed by atoms with Crippen LogP contribution in [0.2, 0.25) is 0 Å². The lowest BCUT2D eigenvalue weighted by atomic mass is 10.1. The van der Waals surface area contributed by atoms with E-state index in [1.54, 1.807) is 36.0 Å². The van der Waals surface area contributed by atoms with Gasteiger partial charge in [0.25, 0.3) is 11.8 Å². The molecule has 3 nitrogen and oxygen atoms in total. The molecule has 0 atom stereocenters. The standard InChI is InChI=1S/C22H17NO2S/c24-21-18-11-5-6-12-19(18)22(25)23(21)14-17-10-4-7-13-20(17)26-15-16-8-2-1-3-9-16/h1-13H,14-15H2. The van der Waals surface area contributed by atoms with Gasteiger partial charge < -0.3 is 0 Å². The molecule has 0 saturated carbocycles. The molecule has 0 unspecified atom stereocenters. The predicted molar refractivity (Wildman–Crippen MR) is 103 cm³/mol. The van der Waals surface area contributed by atoms with Crippen molar-refractivity contribution < 1.29 is 9.59 Å². The number of fused-ring (bicyclic) bond motifs is 1. The van der Waals surface area contributed by atoms with Gasteiger partial charge in [0, 0.05) is 10.6 Å². The van der Waals surface area contributed by atoms with Gasteiger partial charge in [-0.2, -0.15) is 0 Å². The fourth-order valence-corrected chi connectivity index (χ4v) is 4.07. The average molecular weight is 359 g/mol. The highest BCUT2D eigenvalue weighted by atomic mass is 32.2. The third-order valence-corrected chi connectivity index (χ3v) is 5.60. The Morgan fingerprint density at radius 2 is 1.27 bits per heavy atom. The van der Waals surface area contributed by atoms with E-state index in [0.717, 1.165) is 16.2 Å². The maximum absolute atomic E-state index is 12.6. The first kappa shape index (κ1) is 16.6. The van der Waals surface area contributed by atoms with Gasteiger partial charge in [-0.1, -0.05) is 60.7 Å². The zero-order valence-electron chi connectivity index (χ0n) is 14.1. The van der Waals surface area contributed by atoms with Gasteiger partial charge in [0.05, 0.1) is 17.7 Å². The van der Waals surface area contributed by atoms with Crippen LogP contribution < -0.4 is 0 Å². The number of hydrogen-bond donors (Lipinski definition) is 0. The molecule has 1 aliphatic rings. The second-order valence-corrected chi connectivity index (χ2v) is 7.14. The normalized spacial score (nSPS) is 13.2. The number of benzene rings is 3. The monoisotopic (exact) mass is 359 g/mol. The molecule has 0 fully saturated rings. The minimum absolute atomic E-state index is 0.214. The fourth-order valence-electron chi connectivity index (χ4n) is 3.06. The summed E-state index contributed by atoms with van der Waals surface area (Å²) in [5.74, 6) is 0.418. The molecule has 3 aromatic rings. The second-order valence-electron chi connectivity index (χ2n) is 6.12. The van der Waals surface area contributed by atoms with Gasteiger partial charge in [-0.15, -0.1) is 11.8 Å². The number of rotatable bonds is 5. The molecule has 0 aliphatic carbocycles. The third-order valence-electron chi connectivity index (χ3n) is 4.42. The molecular formula is C22H17NO2S. The van der Waals surface area contributed by atoms with Crippen LogP contribution in [0.4, 0.5) is 0 Å². The van der Waals surface area contributed by atoms with Gasteiger partial charge in [0.2, 0.25) is 0 Å². The summed E-state index contributed by atoms with van der Waals surface area (Å²) in [6.45, 7) is 0.296. The zero-order chi connectivity index (χ0) is 17.9. The molecule has 1 aliphatic heterocycles. The molecular weight excluding hydrogens is 342 g/mol. The van der Waals surface area contributed by atoms with E-state index in [4.69, 9.17) is 0 Å². The summed E-state index contributed by atoms with van der Waals surface area (Å²) in [7, 11) is 0. The fraction of sp³-hybridized carbons (Fsp3) is 0.0909. The van der Waals surface area contributed by atoms with Crippen molar-refractivity contribution in [1.82, 2.24) is 4.90 Å². The van der Waals surface area contributed by atoms with Crippen molar-refractivity contribution >= 4 is 23.6 Å². The SMILES string of the molecule is O=C1c2ccccc2C(=O)N1Cc1ccccc1SCc1ccccc1. The van der Waals surface area contributed by atoms with Crippen LogP contribution in [-0.2, 0) is 12.3 Å². The van der Waals surface area contributed by atoms with Crippen molar-refractivity contribution in [3.8, 4) is 0 Å². The molecule has 0 radical (unpaired) electrons. The first-order chi connectivity index (χ1) is 12.7. The van der Waals surface area contributed by atoms with Crippen LogP contribution in [0.3, 0.4) is 0 Å². The van der Waals surface area contributed by atoms with Gasteiger partial charge in [0.1, 0.15) is 0 Å². The van der Waals surface area contributed by atoms with E-state index >= 15 is 0 Å². The van der Waals surface area contributed by atoms with E-state index in [0.29, 0.717) is 17.7 Å². The van der Waals surface area contributed by atoms with E-state index < -0.39 is 0 Å². The summed E-state index contributed by atoms with van der Waals surface area (Å²) in [6.07, 6.45) is 0. The summed E-state index contributed by atoms with van der Waals surface area (Å²) in [6, 6.07) is 25.2. The highest BCUT2D eigenvalue weighted by Crippen LogP contribution is 2.30. The van der Waals surface area contributed by atoms with Crippen molar-refractivity contribution in [2.24, 2.45) is 0 Å². The molecule has 26 heavy (non-hydrogen) atoms. The van der Waals surface area contributed by atoms with Crippen LogP contribution in [0.15, 0.2) is 83.8 Å². The second kappa shape index (κ2) is 7.18. The summed E-state index contributed by atoms with van der Waals surface area (Å²) in [5, 5.41) is 0. The Morgan fingerprint density at radius 3 is 1.96 bits per heavy atom. The topological polar surface area (TPSA) is 37.4 Å². The molecule has 1 heterocycles. The molecule has 128 valence electrons. The molecule has 3 aromatic carbocycles. The first-order valence-corrected chi connectivity index (χ1v) is 9.42. The first-order valence-electron chi connectivity index (χ1n) is 8.44. The molecule has 4 heteroatoms. The van der Waals surface area contributed by atoms with E-state index in [1.165, 1.54) is 10.5 Å². The van der Waals surface area contributed by atoms with Crippen LogP contribution in [0.25, 0.3) is 0 Å². The maximum atomic E-state index is 12.6. The van der Waals surface area contributed by atoms with Gasteiger partial charge in [0.15, 0.2) is 0 Å². The molecule has 0 saturated heterocycles. The Hall–Kier alpha value is -2.85. The van der Waals surface area contributed by atoms with E-state index in [-0.39, 0.29) is 11.8 Å². The van der Waals surface area contributed by atoms with Gasteiger partial charge in [-0.05, 0) is 29.3 Å².